The van der Waals surface area contributed by atoms with Crippen LogP contribution < -0.4 is 5.32 Å². The maximum absolute atomic E-state index is 12.2. The van der Waals surface area contributed by atoms with Crippen molar-refractivity contribution in [2.45, 2.75) is 68.9 Å². The van der Waals surface area contributed by atoms with Crippen LogP contribution in [-0.4, -0.2) is 43.9 Å². The number of aliphatic hydroxyl groups is 1. The van der Waals surface area contributed by atoms with Crippen molar-refractivity contribution >= 4 is 23.6 Å². The van der Waals surface area contributed by atoms with E-state index in [9.17, 15) is 14.7 Å². The molecule has 1 aromatic heterocycles. The van der Waals surface area contributed by atoms with Crippen LogP contribution in [-0.2, 0) is 32.2 Å². The molecule has 3 atom stereocenters. The zero-order chi connectivity index (χ0) is 31.4. The fraction of sp³-hybridized carbons (Fsp3) is 0.314. The molecule has 0 unspecified atom stereocenters. The second kappa shape index (κ2) is 16.3. The van der Waals surface area contributed by atoms with Gasteiger partial charge in [0.1, 0.15) is 0 Å². The number of nitrogens with zero attached hydrogens (tertiary/aromatic N) is 2. The zero-order valence-corrected chi connectivity index (χ0v) is 25.7. The third kappa shape index (κ3) is 9.70. The van der Waals surface area contributed by atoms with Crippen LogP contribution in [0.25, 0.3) is 11.1 Å². The molecule has 45 heavy (non-hydrogen) atoms. The molecule has 0 saturated carbocycles. The summed E-state index contributed by atoms with van der Waals surface area (Å²) < 4.78 is 13.0. The average Bonchev–Trinajstić information content (AvgIpc) is 3.09. The van der Waals surface area contributed by atoms with E-state index in [0.29, 0.717) is 43.1 Å². The minimum atomic E-state index is -0.844. The fourth-order valence-electron chi connectivity index (χ4n) is 5.13. The molecule has 0 aliphatic carbocycles. The maximum Gasteiger partial charge on any atom is 0.303 e. The Morgan fingerprint density at radius 3 is 2.33 bits per heavy atom. The predicted octanol–water partition coefficient (Wildman–Crippen LogP) is 6.23. The SMILES string of the molecule is O=C(O)CCCCC(=O)NCc1cccc(-c2cccc([C@@H]3O[C@H](CSc4ncccn4)C[C@H](c4ccc(CO)cc4)O3)c2)c1. The lowest BCUT2D eigenvalue weighted by Gasteiger charge is -2.36. The lowest BCUT2D eigenvalue weighted by Crippen LogP contribution is -2.31. The summed E-state index contributed by atoms with van der Waals surface area (Å²) in [6.07, 6.45) is 4.65. The minimum Gasteiger partial charge on any atom is -0.481 e. The lowest BCUT2D eigenvalue weighted by atomic mass is 9.99. The predicted molar refractivity (Wildman–Crippen MR) is 171 cm³/mol. The average molecular weight is 628 g/mol. The molecule has 10 heteroatoms. The van der Waals surface area contributed by atoms with Gasteiger partial charge in [-0.2, -0.15) is 0 Å². The van der Waals surface area contributed by atoms with Gasteiger partial charge < -0.3 is 25.0 Å². The van der Waals surface area contributed by atoms with Gasteiger partial charge in [0.2, 0.25) is 5.91 Å². The van der Waals surface area contributed by atoms with Gasteiger partial charge in [-0.05, 0) is 58.9 Å². The molecule has 1 aliphatic heterocycles. The quantitative estimate of drug-likeness (QED) is 0.0845. The van der Waals surface area contributed by atoms with E-state index in [2.05, 4.69) is 27.4 Å². The Kier molecular flexibility index (Phi) is 11.7. The van der Waals surface area contributed by atoms with Gasteiger partial charge in [0, 0.05) is 49.5 Å². The van der Waals surface area contributed by atoms with Crippen LogP contribution in [0.1, 0.15) is 66.8 Å². The van der Waals surface area contributed by atoms with Crippen LogP contribution in [0.4, 0.5) is 0 Å². The molecule has 1 saturated heterocycles. The molecule has 1 fully saturated rings. The van der Waals surface area contributed by atoms with Gasteiger partial charge in [0.05, 0.1) is 18.8 Å². The number of carbonyl (C=O) groups excluding carboxylic acids is 1. The smallest absolute Gasteiger partial charge is 0.303 e. The normalized spacial score (nSPS) is 17.9. The molecule has 5 rings (SSSR count). The molecule has 234 valence electrons. The fourth-order valence-corrected chi connectivity index (χ4v) is 5.95. The molecule has 0 spiro atoms. The van der Waals surface area contributed by atoms with Gasteiger partial charge in [-0.25, -0.2) is 9.97 Å². The van der Waals surface area contributed by atoms with Gasteiger partial charge in [0.25, 0.3) is 0 Å². The topological polar surface area (TPSA) is 131 Å². The van der Waals surface area contributed by atoms with Gasteiger partial charge in [-0.15, -0.1) is 0 Å². The van der Waals surface area contributed by atoms with Crippen LogP contribution >= 0.6 is 11.8 Å². The zero-order valence-electron chi connectivity index (χ0n) is 24.9. The van der Waals surface area contributed by atoms with Gasteiger partial charge in [-0.1, -0.05) is 72.4 Å². The number of amides is 1. The van der Waals surface area contributed by atoms with Crippen molar-refractivity contribution in [2.75, 3.05) is 5.75 Å². The number of aliphatic carboxylic acids is 1. The van der Waals surface area contributed by atoms with Crippen molar-refractivity contribution in [2.24, 2.45) is 0 Å². The number of aromatic nitrogens is 2. The molecule has 9 nitrogen and oxygen atoms in total. The first kappa shape index (κ1) is 32.3. The van der Waals surface area contributed by atoms with E-state index in [4.69, 9.17) is 14.6 Å². The molecule has 0 radical (unpaired) electrons. The molecule has 1 amide bonds. The molecule has 4 aromatic rings. The summed E-state index contributed by atoms with van der Waals surface area (Å²) >= 11 is 1.55. The van der Waals surface area contributed by atoms with Crippen LogP contribution in [0.2, 0.25) is 0 Å². The molecule has 2 heterocycles. The number of hydrogen-bond donors (Lipinski definition) is 3. The number of nitrogens with one attached hydrogen (secondary N) is 1. The number of ether oxygens (including phenoxy) is 2. The summed E-state index contributed by atoms with van der Waals surface area (Å²) in [7, 11) is 0. The highest BCUT2D eigenvalue weighted by Gasteiger charge is 2.32. The number of carbonyl (C=O) groups is 2. The van der Waals surface area contributed by atoms with Gasteiger partial charge >= 0.3 is 5.97 Å². The molecular weight excluding hydrogens is 590 g/mol. The first-order valence-electron chi connectivity index (χ1n) is 15.0. The number of rotatable bonds is 14. The number of thioether (sulfide) groups is 1. The van der Waals surface area contributed by atoms with Gasteiger partial charge in [-0.3, -0.25) is 9.59 Å². The van der Waals surface area contributed by atoms with Crippen molar-refractivity contribution in [1.29, 1.82) is 0 Å². The van der Waals surface area contributed by atoms with E-state index < -0.39 is 12.3 Å². The maximum atomic E-state index is 12.2. The van der Waals surface area contributed by atoms with E-state index in [-0.39, 0.29) is 31.1 Å². The second-order valence-corrected chi connectivity index (χ2v) is 11.9. The highest BCUT2D eigenvalue weighted by Crippen LogP contribution is 2.40. The largest absolute Gasteiger partial charge is 0.481 e. The van der Waals surface area contributed by atoms with Crippen molar-refractivity contribution in [3.63, 3.8) is 0 Å². The Balaban J connectivity index is 1.28. The first-order chi connectivity index (χ1) is 22.0. The number of benzene rings is 3. The Morgan fingerprint density at radius 2 is 1.58 bits per heavy atom. The molecule has 1 aliphatic rings. The van der Waals surface area contributed by atoms with Crippen molar-refractivity contribution in [3.8, 4) is 11.1 Å². The summed E-state index contributed by atoms with van der Waals surface area (Å²) in [5.41, 5.74) is 5.74. The van der Waals surface area contributed by atoms with Crippen molar-refractivity contribution < 1.29 is 29.3 Å². The van der Waals surface area contributed by atoms with Crippen molar-refractivity contribution in [3.05, 3.63) is 114 Å². The van der Waals surface area contributed by atoms with E-state index in [1.165, 1.54) is 0 Å². The number of hydrogen-bond acceptors (Lipinski definition) is 8. The Morgan fingerprint density at radius 1 is 0.844 bits per heavy atom. The van der Waals surface area contributed by atoms with Crippen molar-refractivity contribution in [1.82, 2.24) is 15.3 Å². The van der Waals surface area contributed by atoms with E-state index in [0.717, 1.165) is 33.4 Å². The van der Waals surface area contributed by atoms with Crippen LogP contribution in [0, 0.1) is 0 Å². The first-order valence-corrected chi connectivity index (χ1v) is 16.0. The van der Waals surface area contributed by atoms with Crippen LogP contribution in [0.3, 0.4) is 0 Å². The third-order valence-electron chi connectivity index (χ3n) is 7.51. The molecule has 3 N–H and O–H groups in total. The molecular formula is C35H37N3O6S. The summed E-state index contributed by atoms with van der Waals surface area (Å²) in [6, 6.07) is 25.8. The highest BCUT2D eigenvalue weighted by atomic mass is 32.2. The molecule has 0 bridgehead atoms. The summed E-state index contributed by atoms with van der Waals surface area (Å²) in [6.45, 7) is 0.379. The summed E-state index contributed by atoms with van der Waals surface area (Å²) in [4.78, 5) is 31.6. The van der Waals surface area contributed by atoms with E-state index in [1.54, 1.807) is 30.2 Å². The summed E-state index contributed by atoms with van der Waals surface area (Å²) in [5, 5.41) is 21.9. The van der Waals surface area contributed by atoms with E-state index >= 15 is 0 Å². The highest BCUT2D eigenvalue weighted by molar-refractivity contribution is 7.99. The lowest BCUT2D eigenvalue weighted by molar-refractivity contribution is -0.245. The number of aliphatic hydroxyl groups excluding tert-OH is 1. The molecule has 3 aromatic carbocycles. The van der Waals surface area contributed by atoms with Crippen LogP contribution in [0.15, 0.2) is 96.4 Å². The number of carboxylic acid groups (broad SMARTS) is 1. The van der Waals surface area contributed by atoms with Crippen LogP contribution in [0.5, 0.6) is 0 Å². The standard InChI is InChI=1S/C35H37N3O6S/c39-22-24-12-14-26(15-13-24)31-20-30(23-45-35-36-16-5-17-37-35)43-34(44-31)29-9-4-8-28(19-29)27-7-3-6-25(18-27)21-38-32(40)10-1-2-11-33(41)42/h3-9,12-19,30-31,34,39H,1-2,10-11,20-23H2,(H,38,40)(H,41,42)/t30-,31+,34+/m0/s1. The number of carboxylic acids is 1. The third-order valence-corrected chi connectivity index (χ3v) is 8.52. The summed E-state index contributed by atoms with van der Waals surface area (Å²) in [5.74, 6) is -0.267. The Bertz CT molecular complexity index is 1550. The Labute approximate surface area is 267 Å². The minimum absolute atomic E-state index is 0.0111. The second-order valence-electron chi connectivity index (χ2n) is 10.9. The van der Waals surface area contributed by atoms with E-state index in [1.807, 2.05) is 60.7 Å². The monoisotopic (exact) mass is 627 g/mol. The van der Waals surface area contributed by atoms with Gasteiger partial charge in [0.15, 0.2) is 11.4 Å². The number of unbranched alkanes of at least 4 members (excludes halogenated alkanes) is 1. The Hall–Kier alpha value is -4.09.